The van der Waals surface area contributed by atoms with Crippen molar-refractivity contribution in [2.45, 2.75) is 12.1 Å². The summed E-state index contributed by atoms with van der Waals surface area (Å²) in [4.78, 5) is 13.9. The molecule has 0 spiro atoms. The number of hydrogen-bond acceptors (Lipinski definition) is 3. The van der Waals surface area contributed by atoms with Crippen LogP contribution in [-0.2, 0) is 0 Å². The molecule has 1 saturated heterocycles. The van der Waals surface area contributed by atoms with Gasteiger partial charge in [0.05, 0.1) is 30.4 Å². The average molecular weight is 342 g/mol. The highest BCUT2D eigenvalue weighted by atomic mass is 79.9. The smallest absolute Gasteiger partial charge is 0.257 e. The van der Waals surface area contributed by atoms with E-state index in [1.807, 2.05) is 12.1 Å². The van der Waals surface area contributed by atoms with Gasteiger partial charge in [-0.3, -0.25) is 4.79 Å². The molecule has 1 amide bonds. The van der Waals surface area contributed by atoms with Crippen molar-refractivity contribution in [1.82, 2.24) is 14.5 Å². The zero-order valence-electron chi connectivity index (χ0n) is 10.6. The van der Waals surface area contributed by atoms with Gasteiger partial charge < -0.3 is 10.0 Å². The number of aromatic nitrogens is 2. The van der Waals surface area contributed by atoms with E-state index in [4.69, 9.17) is 5.11 Å². The summed E-state index contributed by atoms with van der Waals surface area (Å²) in [7, 11) is 0. The van der Waals surface area contributed by atoms with E-state index in [0.717, 1.165) is 4.47 Å². The van der Waals surface area contributed by atoms with E-state index >= 15 is 0 Å². The van der Waals surface area contributed by atoms with Crippen LogP contribution in [0.25, 0.3) is 5.52 Å². The van der Waals surface area contributed by atoms with E-state index in [1.165, 1.54) is 11.1 Å². The van der Waals surface area contributed by atoms with E-state index in [-0.39, 0.29) is 18.9 Å². The van der Waals surface area contributed by atoms with Crippen LogP contribution in [0.15, 0.2) is 29.0 Å². The molecular weight excluding hydrogens is 329 g/mol. The molecule has 5 nitrogen and oxygen atoms in total. The second-order valence-corrected chi connectivity index (χ2v) is 5.85. The van der Waals surface area contributed by atoms with Crippen molar-refractivity contribution in [3.63, 3.8) is 0 Å². The summed E-state index contributed by atoms with van der Waals surface area (Å²) in [5, 5.41) is 13.2. The van der Waals surface area contributed by atoms with E-state index in [2.05, 4.69) is 21.0 Å². The zero-order chi connectivity index (χ0) is 14.3. The summed E-state index contributed by atoms with van der Waals surface area (Å²) in [6.07, 6.45) is 3.39. The van der Waals surface area contributed by atoms with Gasteiger partial charge in [0.2, 0.25) is 0 Å². The minimum Gasteiger partial charge on any atom is -0.393 e. The molecule has 1 aliphatic rings. The standard InChI is InChI=1S/C13H13BrFN3O2/c14-10-2-1-4-18-11(10)9(6-16-18)12(20)17-5-3-13(15,7-17)8-19/h1-2,4,6,19H,3,5,7-8H2. The van der Waals surface area contributed by atoms with Gasteiger partial charge in [-0.2, -0.15) is 5.10 Å². The third-order valence-corrected chi connectivity index (χ3v) is 4.24. The highest BCUT2D eigenvalue weighted by Crippen LogP contribution is 2.28. The van der Waals surface area contributed by atoms with Crippen LogP contribution in [0.3, 0.4) is 0 Å². The maximum absolute atomic E-state index is 14.0. The Hall–Kier alpha value is -1.47. The second-order valence-electron chi connectivity index (χ2n) is 4.99. The number of amides is 1. The lowest BCUT2D eigenvalue weighted by Crippen LogP contribution is -2.35. The Labute approximate surface area is 123 Å². The SMILES string of the molecule is O=C(c1cnn2cccc(Br)c12)N1CCC(F)(CO)C1. The predicted molar refractivity (Wildman–Crippen MR) is 74.3 cm³/mol. The largest absolute Gasteiger partial charge is 0.393 e. The van der Waals surface area contributed by atoms with Crippen molar-refractivity contribution in [2.24, 2.45) is 0 Å². The summed E-state index contributed by atoms with van der Waals surface area (Å²) >= 11 is 3.39. The van der Waals surface area contributed by atoms with Gasteiger partial charge in [-0.25, -0.2) is 8.91 Å². The number of likely N-dealkylation sites (tertiary alicyclic amines) is 1. The van der Waals surface area contributed by atoms with Crippen LogP contribution in [0.1, 0.15) is 16.8 Å². The number of nitrogens with zero attached hydrogens (tertiary/aromatic N) is 3. The van der Waals surface area contributed by atoms with E-state index < -0.39 is 12.3 Å². The average Bonchev–Trinajstić information content (AvgIpc) is 3.04. The molecule has 0 radical (unpaired) electrons. The highest BCUT2D eigenvalue weighted by Gasteiger charge is 2.40. The Bertz CT molecular complexity index is 675. The van der Waals surface area contributed by atoms with E-state index in [9.17, 15) is 9.18 Å². The Balaban J connectivity index is 1.94. The molecule has 1 unspecified atom stereocenters. The maximum Gasteiger partial charge on any atom is 0.257 e. The molecule has 1 fully saturated rings. The topological polar surface area (TPSA) is 57.8 Å². The Morgan fingerprint density at radius 2 is 2.40 bits per heavy atom. The van der Waals surface area contributed by atoms with Gasteiger partial charge in [-0.1, -0.05) is 0 Å². The van der Waals surface area contributed by atoms with Crippen LogP contribution in [0, 0.1) is 0 Å². The first-order valence-electron chi connectivity index (χ1n) is 6.25. The van der Waals surface area contributed by atoms with E-state index in [0.29, 0.717) is 17.6 Å². The molecule has 1 N–H and O–H groups in total. The van der Waals surface area contributed by atoms with Gasteiger partial charge in [0.15, 0.2) is 5.67 Å². The maximum atomic E-state index is 14.0. The number of fused-ring (bicyclic) bond motifs is 1. The third kappa shape index (κ3) is 2.10. The molecule has 0 aromatic carbocycles. The molecule has 0 aliphatic carbocycles. The third-order valence-electron chi connectivity index (χ3n) is 3.60. The number of hydrogen-bond donors (Lipinski definition) is 1. The number of alkyl halides is 1. The molecule has 0 saturated carbocycles. The van der Waals surface area contributed by atoms with E-state index in [1.54, 1.807) is 10.7 Å². The van der Waals surface area contributed by atoms with Crippen molar-refractivity contribution in [3.8, 4) is 0 Å². The first-order chi connectivity index (χ1) is 9.54. The van der Waals surface area contributed by atoms with Crippen LogP contribution in [0.5, 0.6) is 0 Å². The molecule has 2 aromatic heterocycles. The van der Waals surface area contributed by atoms with Gasteiger partial charge >= 0.3 is 0 Å². The van der Waals surface area contributed by atoms with Crippen LogP contribution in [-0.4, -0.2) is 50.9 Å². The predicted octanol–water partition coefficient (Wildman–Crippen LogP) is 1.64. The van der Waals surface area contributed by atoms with Crippen molar-refractivity contribution in [2.75, 3.05) is 19.7 Å². The lowest BCUT2D eigenvalue weighted by Gasteiger charge is -2.18. The quantitative estimate of drug-likeness (QED) is 0.903. The molecule has 1 aliphatic heterocycles. The minimum atomic E-state index is -1.68. The van der Waals surface area contributed by atoms with Crippen LogP contribution in [0.2, 0.25) is 0 Å². The molecular formula is C13H13BrFN3O2. The lowest BCUT2D eigenvalue weighted by molar-refractivity contribution is 0.0632. The fourth-order valence-electron chi connectivity index (χ4n) is 2.47. The summed E-state index contributed by atoms with van der Waals surface area (Å²) in [5.41, 5.74) is -0.590. The number of rotatable bonds is 2. The Morgan fingerprint density at radius 3 is 3.10 bits per heavy atom. The Kier molecular flexibility index (Phi) is 3.25. The second kappa shape index (κ2) is 4.82. The van der Waals surface area contributed by atoms with Crippen molar-refractivity contribution < 1.29 is 14.3 Å². The molecule has 7 heteroatoms. The normalized spacial score (nSPS) is 22.6. The fourth-order valence-corrected chi connectivity index (χ4v) is 3.01. The summed E-state index contributed by atoms with van der Waals surface area (Å²) in [6, 6.07) is 3.64. The summed E-state index contributed by atoms with van der Waals surface area (Å²) in [6.45, 7) is -0.336. The highest BCUT2D eigenvalue weighted by molar-refractivity contribution is 9.10. The number of carbonyl (C=O) groups is 1. The van der Waals surface area contributed by atoms with Crippen molar-refractivity contribution in [1.29, 1.82) is 0 Å². The van der Waals surface area contributed by atoms with Gasteiger partial charge in [0.25, 0.3) is 5.91 Å². The number of carbonyl (C=O) groups excluding carboxylic acids is 1. The first kappa shape index (κ1) is 13.5. The summed E-state index contributed by atoms with van der Waals surface area (Å²) < 4.78 is 16.4. The molecule has 1 atom stereocenters. The molecule has 0 bridgehead atoms. The monoisotopic (exact) mass is 341 g/mol. The lowest BCUT2D eigenvalue weighted by atomic mass is 10.1. The number of aliphatic hydroxyl groups excluding tert-OH is 1. The molecule has 20 heavy (non-hydrogen) atoms. The van der Waals surface area contributed by atoms with Gasteiger partial charge in [0, 0.05) is 23.6 Å². The fraction of sp³-hybridized carbons (Fsp3) is 0.385. The van der Waals surface area contributed by atoms with Crippen LogP contribution >= 0.6 is 15.9 Å². The van der Waals surface area contributed by atoms with Gasteiger partial charge in [-0.05, 0) is 28.1 Å². The van der Waals surface area contributed by atoms with Crippen molar-refractivity contribution >= 4 is 27.4 Å². The van der Waals surface area contributed by atoms with Crippen LogP contribution < -0.4 is 0 Å². The Morgan fingerprint density at radius 1 is 1.60 bits per heavy atom. The number of aliphatic hydroxyl groups is 1. The molecule has 2 aromatic rings. The minimum absolute atomic E-state index is 0.0792. The van der Waals surface area contributed by atoms with Crippen molar-refractivity contribution in [3.05, 3.63) is 34.6 Å². The van der Waals surface area contributed by atoms with Gasteiger partial charge in [-0.15, -0.1) is 0 Å². The number of halogens is 2. The van der Waals surface area contributed by atoms with Gasteiger partial charge in [0.1, 0.15) is 0 Å². The molecule has 3 rings (SSSR count). The van der Waals surface area contributed by atoms with Crippen LogP contribution in [0.4, 0.5) is 4.39 Å². The molecule has 106 valence electrons. The molecule has 3 heterocycles. The first-order valence-corrected chi connectivity index (χ1v) is 7.04. The zero-order valence-corrected chi connectivity index (χ0v) is 12.2. The number of pyridine rings is 1. The summed E-state index contributed by atoms with van der Waals surface area (Å²) in [5.74, 6) is -0.264.